The van der Waals surface area contributed by atoms with Crippen molar-refractivity contribution in [2.24, 2.45) is 0 Å². The van der Waals surface area contributed by atoms with Crippen molar-refractivity contribution in [2.75, 3.05) is 0 Å². The Labute approximate surface area is 81.4 Å². The molecule has 3 heteroatoms. The zero-order valence-corrected chi connectivity index (χ0v) is 7.68. The molecule has 1 aliphatic carbocycles. The van der Waals surface area contributed by atoms with E-state index in [-0.39, 0.29) is 0 Å². The van der Waals surface area contributed by atoms with Gasteiger partial charge in [-0.25, -0.2) is 4.52 Å². The number of carbonyl (C=O) groups is 1. The Bertz CT molecular complexity index is 497. The van der Waals surface area contributed by atoms with Crippen molar-refractivity contribution in [2.45, 2.75) is 18.8 Å². The summed E-state index contributed by atoms with van der Waals surface area (Å²) in [4.78, 5) is 10.7. The normalized spacial score (nSPS) is 16.0. The van der Waals surface area contributed by atoms with Crippen LogP contribution in [0.3, 0.4) is 0 Å². The van der Waals surface area contributed by atoms with Gasteiger partial charge in [0.1, 0.15) is 0 Å². The predicted octanol–water partition coefficient (Wildman–Crippen LogP) is 2.02. The quantitative estimate of drug-likeness (QED) is 0.672. The molecule has 14 heavy (non-hydrogen) atoms. The minimum absolute atomic E-state index is 0.674. The first kappa shape index (κ1) is 7.74. The maximum atomic E-state index is 10.7. The van der Waals surface area contributed by atoms with Gasteiger partial charge in [0.2, 0.25) is 0 Å². The van der Waals surface area contributed by atoms with Crippen LogP contribution in [-0.4, -0.2) is 15.9 Å². The first-order valence-electron chi connectivity index (χ1n) is 4.81. The van der Waals surface area contributed by atoms with E-state index in [0.717, 1.165) is 17.7 Å². The predicted molar refractivity (Wildman–Crippen MR) is 52.6 cm³/mol. The van der Waals surface area contributed by atoms with Gasteiger partial charge in [-0.3, -0.25) is 4.79 Å². The van der Waals surface area contributed by atoms with E-state index in [9.17, 15) is 4.79 Å². The summed E-state index contributed by atoms with van der Waals surface area (Å²) in [6, 6.07) is 4.17. The van der Waals surface area contributed by atoms with Gasteiger partial charge in [-0.2, -0.15) is 5.10 Å². The molecule has 0 aromatic carbocycles. The van der Waals surface area contributed by atoms with Crippen molar-refractivity contribution in [3.63, 3.8) is 0 Å². The summed E-state index contributed by atoms with van der Waals surface area (Å²) in [5, 5.41) is 4.10. The van der Waals surface area contributed by atoms with Gasteiger partial charge in [0.25, 0.3) is 0 Å². The molecule has 0 spiro atoms. The molecule has 0 saturated heterocycles. The molecule has 0 amide bonds. The van der Waals surface area contributed by atoms with Crippen LogP contribution in [0.1, 0.15) is 34.7 Å². The fraction of sp³-hybridized carbons (Fsp3) is 0.273. The number of rotatable bonds is 2. The van der Waals surface area contributed by atoms with Gasteiger partial charge >= 0.3 is 0 Å². The zero-order valence-electron chi connectivity index (χ0n) is 7.68. The number of hydrogen-bond donors (Lipinski definition) is 0. The number of nitrogens with zero attached hydrogens (tertiary/aromatic N) is 2. The molecule has 1 aliphatic rings. The van der Waals surface area contributed by atoms with Gasteiger partial charge in [0, 0.05) is 6.20 Å². The van der Waals surface area contributed by atoms with E-state index in [4.69, 9.17) is 0 Å². The van der Waals surface area contributed by atoms with E-state index in [1.54, 1.807) is 10.7 Å². The highest BCUT2D eigenvalue weighted by molar-refractivity contribution is 5.85. The summed E-state index contributed by atoms with van der Waals surface area (Å²) in [5.74, 6) is 0.717. The Hall–Kier alpha value is -1.64. The van der Waals surface area contributed by atoms with Crippen LogP contribution in [0.15, 0.2) is 24.5 Å². The second-order valence-corrected chi connectivity index (χ2v) is 3.78. The molecule has 2 aromatic rings. The molecular formula is C11H10N2O. The van der Waals surface area contributed by atoms with Gasteiger partial charge in [-0.15, -0.1) is 0 Å². The Balaban J connectivity index is 2.23. The molecule has 3 nitrogen and oxygen atoms in total. The lowest BCUT2D eigenvalue weighted by atomic mass is 10.1. The molecule has 0 atom stereocenters. The van der Waals surface area contributed by atoms with Crippen molar-refractivity contribution in [1.29, 1.82) is 0 Å². The van der Waals surface area contributed by atoms with Gasteiger partial charge < -0.3 is 0 Å². The molecule has 3 rings (SSSR count). The van der Waals surface area contributed by atoms with Gasteiger partial charge in [-0.1, -0.05) is 0 Å². The maximum Gasteiger partial charge on any atom is 0.153 e. The molecule has 0 aliphatic heterocycles. The average molecular weight is 186 g/mol. The Morgan fingerprint density at radius 3 is 3.07 bits per heavy atom. The Morgan fingerprint density at radius 1 is 1.50 bits per heavy atom. The van der Waals surface area contributed by atoms with Crippen molar-refractivity contribution in [3.05, 3.63) is 35.7 Å². The van der Waals surface area contributed by atoms with E-state index in [0.29, 0.717) is 5.56 Å². The van der Waals surface area contributed by atoms with Crippen molar-refractivity contribution >= 4 is 11.8 Å². The first-order chi connectivity index (χ1) is 6.88. The van der Waals surface area contributed by atoms with E-state index in [2.05, 4.69) is 17.2 Å². The summed E-state index contributed by atoms with van der Waals surface area (Å²) >= 11 is 0. The van der Waals surface area contributed by atoms with Crippen molar-refractivity contribution < 1.29 is 4.79 Å². The minimum Gasteiger partial charge on any atom is -0.298 e. The smallest absolute Gasteiger partial charge is 0.153 e. The van der Waals surface area contributed by atoms with Crippen LogP contribution >= 0.6 is 0 Å². The van der Waals surface area contributed by atoms with Crippen LogP contribution < -0.4 is 0 Å². The number of fused-ring (bicyclic) bond motifs is 1. The standard InChI is InChI=1S/C11H10N2O/c14-7-10-6-12-13-4-3-9(5-11(10)13)8-1-2-8/h3-8H,1-2H2. The highest BCUT2D eigenvalue weighted by atomic mass is 16.1. The Morgan fingerprint density at radius 2 is 2.36 bits per heavy atom. The molecule has 1 saturated carbocycles. The lowest BCUT2D eigenvalue weighted by Crippen LogP contribution is -1.89. The lowest BCUT2D eigenvalue weighted by Gasteiger charge is -1.99. The number of aromatic nitrogens is 2. The monoisotopic (exact) mass is 186 g/mol. The maximum absolute atomic E-state index is 10.7. The topological polar surface area (TPSA) is 34.4 Å². The molecule has 0 N–H and O–H groups in total. The largest absolute Gasteiger partial charge is 0.298 e. The summed E-state index contributed by atoms with van der Waals surface area (Å²) in [6.07, 6.45) is 6.95. The second kappa shape index (κ2) is 2.67. The van der Waals surface area contributed by atoms with E-state index in [1.165, 1.54) is 18.4 Å². The van der Waals surface area contributed by atoms with Crippen LogP contribution in [0.5, 0.6) is 0 Å². The highest BCUT2D eigenvalue weighted by Crippen LogP contribution is 2.40. The van der Waals surface area contributed by atoms with Crippen LogP contribution in [0.4, 0.5) is 0 Å². The van der Waals surface area contributed by atoms with E-state index in [1.807, 2.05) is 6.20 Å². The fourth-order valence-electron chi connectivity index (χ4n) is 1.78. The van der Waals surface area contributed by atoms with Crippen LogP contribution in [-0.2, 0) is 0 Å². The van der Waals surface area contributed by atoms with Gasteiger partial charge in [-0.05, 0) is 36.5 Å². The average Bonchev–Trinajstić information content (AvgIpc) is 2.98. The summed E-state index contributed by atoms with van der Waals surface area (Å²) in [6.45, 7) is 0. The molecular weight excluding hydrogens is 176 g/mol. The highest BCUT2D eigenvalue weighted by Gasteiger charge is 2.23. The molecule has 2 aromatic heterocycles. The molecule has 0 radical (unpaired) electrons. The van der Waals surface area contributed by atoms with Crippen molar-refractivity contribution in [3.8, 4) is 0 Å². The number of hydrogen-bond acceptors (Lipinski definition) is 2. The van der Waals surface area contributed by atoms with Gasteiger partial charge in [0.15, 0.2) is 6.29 Å². The minimum atomic E-state index is 0.674. The summed E-state index contributed by atoms with van der Waals surface area (Å²) < 4.78 is 1.75. The SMILES string of the molecule is O=Cc1cnn2ccc(C3CC3)cc12. The molecule has 0 unspecified atom stereocenters. The number of carbonyl (C=O) groups excluding carboxylic acids is 1. The third-order valence-electron chi connectivity index (χ3n) is 2.75. The van der Waals surface area contributed by atoms with Crippen LogP contribution in [0.25, 0.3) is 5.52 Å². The zero-order chi connectivity index (χ0) is 9.54. The first-order valence-corrected chi connectivity index (χ1v) is 4.81. The second-order valence-electron chi connectivity index (χ2n) is 3.78. The molecule has 2 heterocycles. The molecule has 0 bridgehead atoms. The van der Waals surface area contributed by atoms with Gasteiger partial charge in [0.05, 0.1) is 17.3 Å². The van der Waals surface area contributed by atoms with Crippen LogP contribution in [0.2, 0.25) is 0 Å². The van der Waals surface area contributed by atoms with E-state index < -0.39 is 0 Å². The van der Waals surface area contributed by atoms with Crippen molar-refractivity contribution in [1.82, 2.24) is 9.61 Å². The van der Waals surface area contributed by atoms with E-state index >= 15 is 0 Å². The number of pyridine rings is 1. The third-order valence-corrected chi connectivity index (χ3v) is 2.75. The molecule has 1 fully saturated rings. The van der Waals surface area contributed by atoms with Crippen LogP contribution in [0, 0.1) is 0 Å². The lowest BCUT2D eigenvalue weighted by molar-refractivity contribution is 0.112. The summed E-state index contributed by atoms with van der Waals surface area (Å²) in [7, 11) is 0. The summed E-state index contributed by atoms with van der Waals surface area (Å²) in [5.41, 5.74) is 2.93. The fourth-order valence-corrected chi connectivity index (χ4v) is 1.78. The third kappa shape index (κ3) is 1.05. The number of aldehydes is 1. The Kier molecular flexibility index (Phi) is 1.48. The molecule has 70 valence electrons.